The second-order valence-corrected chi connectivity index (χ2v) is 5.01. The number of carbonyl (C=O) groups excluding carboxylic acids is 1. The molecule has 4 heteroatoms. The van der Waals surface area contributed by atoms with E-state index in [-0.39, 0.29) is 5.91 Å². The maximum absolute atomic E-state index is 12.1. The molecule has 1 rings (SSSR count). The van der Waals surface area contributed by atoms with Crippen molar-refractivity contribution in [1.29, 1.82) is 0 Å². The Morgan fingerprint density at radius 3 is 2.37 bits per heavy atom. The largest absolute Gasteiger partial charge is 0.494 e. The van der Waals surface area contributed by atoms with Crippen molar-refractivity contribution < 1.29 is 9.53 Å². The first-order chi connectivity index (χ1) is 8.90. The minimum Gasteiger partial charge on any atom is -0.494 e. The molecule has 0 aliphatic rings. The minimum atomic E-state index is -0.792. The van der Waals surface area contributed by atoms with Crippen LogP contribution in [0.5, 0.6) is 5.75 Å². The molecular weight excluding hydrogens is 240 g/mol. The minimum absolute atomic E-state index is 0.0381. The first kappa shape index (κ1) is 15.5. The third kappa shape index (κ3) is 4.24. The lowest BCUT2D eigenvalue weighted by Crippen LogP contribution is -2.51. The van der Waals surface area contributed by atoms with Gasteiger partial charge >= 0.3 is 0 Å². The lowest BCUT2D eigenvalue weighted by atomic mass is 9.98. The second kappa shape index (κ2) is 6.57. The number of likely N-dealkylation sites (N-methyl/N-ethyl adjacent to an activating group) is 1. The highest BCUT2D eigenvalue weighted by Crippen LogP contribution is 2.15. The summed E-state index contributed by atoms with van der Waals surface area (Å²) < 4.78 is 5.38. The van der Waals surface area contributed by atoms with Crippen LogP contribution in [0.4, 0.5) is 0 Å². The zero-order valence-electron chi connectivity index (χ0n) is 12.3. The van der Waals surface area contributed by atoms with E-state index in [1.807, 2.05) is 38.1 Å². The van der Waals surface area contributed by atoms with Gasteiger partial charge in [-0.25, -0.2) is 0 Å². The molecule has 106 valence electrons. The summed E-state index contributed by atoms with van der Waals surface area (Å²) in [5, 5.41) is 0. The van der Waals surface area contributed by atoms with E-state index in [1.165, 1.54) is 0 Å². The Hall–Kier alpha value is -1.55. The molecule has 0 aliphatic heterocycles. The number of hydrogen-bond donors (Lipinski definition) is 1. The molecule has 1 aromatic carbocycles. The molecule has 4 nitrogen and oxygen atoms in total. The third-order valence-corrected chi connectivity index (χ3v) is 3.22. The van der Waals surface area contributed by atoms with Gasteiger partial charge in [0, 0.05) is 13.6 Å². The molecule has 0 radical (unpaired) electrons. The zero-order valence-corrected chi connectivity index (χ0v) is 12.3. The Labute approximate surface area is 115 Å². The highest BCUT2D eigenvalue weighted by atomic mass is 16.5. The molecule has 0 saturated heterocycles. The van der Waals surface area contributed by atoms with Crippen LogP contribution in [0.25, 0.3) is 0 Å². The number of nitrogens with zero attached hydrogens (tertiary/aromatic N) is 1. The molecule has 0 saturated carbocycles. The van der Waals surface area contributed by atoms with Crippen molar-refractivity contribution >= 4 is 5.91 Å². The van der Waals surface area contributed by atoms with Crippen LogP contribution < -0.4 is 10.5 Å². The van der Waals surface area contributed by atoms with Crippen molar-refractivity contribution in [2.45, 2.75) is 39.3 Å². The van der Waals surface area contributed by atoms with E-state index in [0.717, 1.165) is 11.3 Å². The number of nitrogens with two attached hydrogens (primary N) is 1. The molecule has 1 unspecified atom stereocenters. The fourth-order valence-electron chi connectivity index (χ4n) is 1.79. The van der Waals surface area contributed by atoms with Crippen molar-refractivity contribution in [3.8, 4) is 5.75 Å². The van der Waals surface area contributed by atoms with E-state index in [1.54, 1.807) is 18.9 Å². The van der Waals surface area contributed by atoms with Gasteiger partial charge < -0.3 is 15.4 Å². The number of hydrogen-bond acceptors (Lipinski definition) is 3. The van der Waals surface area contributed by atoms with Crippen molar-refractivity contribution in [3.05, 3.63) is 29.8 Å². The van der Waals surface area contributed by atoms with E-state index >= 15 is 0 Å². The number of rotatable bonds is 6. The van der Waals surface area contributed by atoms with Gasteiger partial charge in [-0.3, -0.25) is 4.79 Å². The maximum Gasteiger partial charge on any atom is 0.242 e. The smallest absolute Gasteiger partial charge is 0.242 e. The quantitative estimate of drug-likeness (QED) is 0.856. The Kier molecular flexibility index (Phi) is 5.36. The summed E-state index contributed by atoms with van der Waals surface area (Å²) in [6.07, 6.45) is 0.624. The lowest BCUT2D eigenvalue weighted by molar-refractivity contribution is -0.135. The standard InChI is InChI=1S/C15H24N2O2/c1-5-15(3,16)14(18)17(4)11-12-7-9-13(10-8-12)19-6-2/h7-10H,5-6,11,16H2,1-4H3. The molecule has 0 fully saturated rings. The number of carbonyl (C=O) groups is 1. The van der Waals surface area contributed by atoms with Crippen molar-refractivity contribution in [2.75, 3.05) is 13.7 Å². The molecule has 0 spiro atoms. The van der Waals surface area contributed by atoms with Crippen LogP contribution >= 0.6 is 0 Å². The highest BCUT2D eigenvalue weighted by Gasteiger charge is 2.28. The second-order valence-electron chi connectivity index (χ2n) is 5.01. The molecule has 0 aromatic heterocycles. The summed E-state index contributed by atoms with van der Waals surface area (Å²) in [7, 11) is 1.78. The van der Waals surface area contributed by atoms with E-state index in [4.69, 9.17) is 10.5 Å². The van der Waals surface area contributed by atoms with Crippen LogP contribution in [0, 0.1) is 0 Å². The van der Waals surface area contributed by atoms with Gasteiger partial charge in [0.25, 0.3) is 0 Å². The van der Waals surface area contributed by atoms with Crippen molar-refractivity contribution in [1.82, 2.24) is 4.90 Å². The molecule has 19 heavy (non-hydrogen) atoms. The molecule has 1 amide bonds. The summed E-state index contributed by atoms with van der Waals surface area (Å²) in [4.78, 5) is 13.8. The average molecular weight is 264 g/mol. The fraction of sp³-hybridized carbons (Fsp3) is 0.533. The van der Waals surface area contributed by atoms with Gasteiger partial charge in [0.05, 0.1) is 12.1 Å². The predicted octanol–water partition coefficient (Wildman–Crippen LogP) is 2.17. The Morgan fingerprint density at radius 2 is 1.89 bits per heavy atom. The van der Waals surface area contributed by atoms with Gasteiger partial charge in [0.15, 0.2) is 0 Å². The van der Waals surface area contributed by atoms with Crippen LogP contribution in [0.1, 0.15) is 32.8 Å². The maximum atomic E-state index is 12.1. The molecular formula is C15H24N2O2. The number of amides is 1. The van der Waals surface area contributed by atoms with Gasteiger partial charge in [-0.1, -0.05) is 19.1 Å². The first-order valence-corrected chi connectivity index (χ1v) is 6.67. The predicted molar refractivity (Wildman–Crippen MR) is 77.0 cm³/mol. The molecule has 0 aliphatic carbocycles. The monoisotopic (exact) mass is 264 g/mol. The van der Waals surface area contributed by atoms with Gasteiger partial charge in [0.2, 0.25) is 5.91 Å². The zero-order chi connectivity index (χ0) is 14.5. The van der Waals surface area contributed by atoms with Crippen LogP contribution in [0.3, 0.4) is 0 Å². The summed E-state index contributed by atoms with van der Waals surface area (Å²) in [6.45, 7) is 6.84. The van der Waals surface area contributed by atoms with Gasteiger partial charge in [0.1, 0.15) is 5.75 Å². The Bertz CT molecular complexity index is 413. The lowest BCUT2D eigenvalue weighted by Gasteiger charge is -2.28. The fourth-order valence-corrected chi connectivity index (χ4v) is 1.79. The molecule has 0 heterocycles. The Morgan fingerprint density at radius 1 is 1.32 bits per heavy atom. The van der Waals surface area contributed by atoms with E-state index in [2.05, 4.69) is 0 Å². The summed E-state index contributed by atoms with van der Waals surface area (Å²) >= 11 is 0. The van der Waals surface area contributed by atoms with Crippen molar-refractivity contribution in [2.24, 2.45) is 5.73 Å². The van der Waals surface area contributed by atoms with Crippen molar-refractivity contribution in [3.63, 3.8) is 0 Å². The van der Waals surface area contributed by atoms with Crippen LogP contribution in [0.15, 0.2) is 24.3 Å². The summed E-state index contributed by atoms with van der Waals surface area (Å²) in [6, 6.07) is 7.76. The number of ether oxygens (including phenoxy) is 1. The SMILES string of the molecule is CCOc1ccc(CN(C)C(=O)C(C)(N)CC)cc1. The van der Waals surface area contributed by atoms with E-state index in [9.17, 15) is 4.79 Å². The van der Waals surface area contributed by atoms with Crippen LogP contribution in [0.2, 0.25) is 0 Å². The van der Waals surface area contributed by atoms with E-state index < -0.39 is 5.54 Å². The molecule has 2 N–H and O–H groups in total. The van der Waals surface area contributed by atoms with E-state index in [0.29, 0.717) is 19.6 Å². The van der Waals surface area contributed by atoms with Crippen LogP contribution in [-0.2, 0) is 11.3 Å². The van der Waals surface area contributed by atoms with Gasteiger partial charge in [-0.15, -0.1) is 0 Å². The summed E-state index contributed by atoms with van der Waals surface area (Å²) in [5.41, 5.74) is 6.24. The normalized spacial score (nSPS) is 13.7. The first-order valence-electron chi connectivity index (χ1n) is 6.67. The third-order valence-electron chi connectivity index (χ3n) is 3.22. The highest BCUT2D eigenvalue weighted by molar-refractivity contribution is 5.85. The molecule has 0 bridgehead atoms. The summed E-state index contributed by atoms with van der Waals surface area (Å²) in [5.74, 6) is 0.807. The topological polar surface area (TPSA) is 55.6 Å². The number of benzene rings is 1. The van der Waals surface area contributed by atoms with Gasteiger partial charge in [-0.05, 0) is 38.0 Å². The molecule has 1 atom stereocenters. The van der Waals surface area contributed by atoms with Crippen LogP contribution in [-0.4, -0.2) is 30.0 Å². The Balaban J connectivity index is 2.66. The average Bonchev–Trinajstić information content (AvgIpc) is 2.40. The molecule has 1 aromatic rings. The van der Waals surface area contributed by atoms with Gasteiger partial charge in [-0.2, -0.15) is 0 Å².